The van der Waals surface area contributed by atoms with Crippen molar-refractivity contribution in [3.63, 3.8) is 0 Å². The van der Waals surface area contributed by atoms with Crippen molar-refractivity contribution in [3.05, 3.63) is 46.9 Å². The average molecular weight is 295 g/mol. The van der Waals surface area contributed by atoms with Crippen molar-refractivity contribution in [1.82, 2.24) is 4.98 Å². The van der Waals surface area contributed by atoms with Crippen molar-refractivity contribution in [1.29, 1.82) is 0 Å². The second-order valence-electron chi connectivity index (χ2n) is 4.33. The number of hydrogen-bond donors (Lipinski definition) is 0. The van der Waals surface area contributed by atoms with Gasteiger partial charge < -0.3 is 4.74 Å². The van der Waals surface area contributed by atoms with Gasteiger partial charge >= 0.3 is 5.97 Å². The number of rotatable bonds is 3. The first-order valence-electron chi connectivity index (χ1n) is 6.23. The highest BCUT2D eigenvalue weighted by atomic mass is 19.2. The molecule has 0 aliphatic heterocycles. The second-order valence-corrected chi connectivity index (χ2v) is 4.33. The maximum Gasteiger partial charge on any atom is 0.330 e. The molecule has 0 unspecified atom stereocenters. The number of fused-ring (bicyclic) bond motifs is 1. The lowest BCUT2D eigenvalue weighted by atomic mass is 10.1. The molecule has 0 spiro atoms. The van der Waals surface area contributed by atoms with E-state index in [-0.39, 0.29) is 23.2 Å². The Hall–Kier alpha value is -2.37. The van der Waals surface area contributed by atoms with Crippen LogP contribution in [0.4, 0.5) is 13.2 Å². The quantitative estimate of drug-likeness (QED) is 0.494. The fourth-order valence-electron chi connectivity index (χ4n) is 1.89. The van der Waals surface area contributed by atoms with E-state index in [9.17, 15) is 18.0 Å². The van der Waals surface area contributed by atoms with Gasteiger partial charge in [0, 0.05) is 11.5 Å². The van der Waals surface area contributed by atoms with Crippen molar-refractivity contribution in [2.24, 2.45) is 0 Å². The largest absolute Gasteiger partial charge is 0.463 e. The normalized spacial score (nSPS) is 11.3. The number of pyridine rings is 1. The number of carbonyl (C=O) groups excluding carboxylic acids is 1. The molecule has 6 heteroatoms. The molecule has 0 bridgehead atoms. The van der Waals surface area contributed by atoms with Gasteiger partial charge in [0.15, 0.2) is 17.5 Å². The number of benzene rings is 1. The first-order chi connectivity index (χ1) is 9.93. The molecule has 0 fully saturated rings. The Morgan fingerprint density at radius 3 is 2.67 bits per heavy atom. The predicted octanol–water partition coefficient (Wildman–Crippen LogP) is 3.54. The van der Waals surface area contributed by atoms with Crippen molar-refractivity contribution in [2.45, 2.75) is 13.8 Å². The minimum absolute atomic E-state index is 0.180. The first kappa shape index (κ1) is 15.0. The van der Waals surface area contributed by atoms with Crippen LogP contribution in [0.1, 0.15) is 18.2 Å². The molecule has 0 saturated heterocycles. The number of hydrogen-bond acceptors (Lipinski definition) is 3. The average Bonchev–Trinajstić information content (AvgIpc) is 2.44. The molecule has 0 aliphatic carbocycles. The Kier molecular flexibility index (Phi) is 4.26. The fourth-order valence-corrected chi connectivity index (χ4v) is 1.89. The van der Waals surface area contributed by atoms with Gasteiger partial charge in [-0.1, -0.05) is 0 Å². The summed E-state index contributed by atoms with van der Waals surface area (Å²) >= 11 is 0. The molecule has 110 valence electrons. The maximum absolute atomic E-state index is 13.7. The Labute approximate surface area is 119 Å². The lowest BCUT2D eigenvalue weighted by Gasteiger charge is -2.06. The van der Waals surface area contributed by atoms with Gasteiger partial charge in [0.25, 0.3) is 0 Å². The summed E-state index contributed by atoms with van der Waals surface area (Å²) in [6, 6.07) is 2.43. The van der Waals surface area contributed by atoms with Gasteiger partial charge in [0.2, 0.25) is 0 Å². The van der Waals surface area contributed by atoms with E-state index in [0.29, 0.717) is 5.56 Å². The van der Waals surface area contributed by atoms with Crippen LogP contribution in [0.2, 0.25) is 0 Å². The minimum Gasteiger partial charge on any atom is -0.463 e. The maximum atomic E-state index is 13.7. The van der Waals surface area contributed by atoms with Gasteiger partial charge in [0.1, 0.15) is 5.52 Å². The summed E-state index contributed by atoms with van der Waals surface area (Å²) in [6.45, 7) is 3.51. The number of nitrogens with zero attached hydrogens (tertiary/aromatic N) is 1. The first-order valence-corrected chi connectivity index (χ1v) is 6.23. The van der Waals surface area contributed by atoms with Crippen LogP contribution < -0.4 is 0 Å². The summed E-state index contributed by atoms with van der Waals surface area (Å²) < 4.78 is 44.9. The third-order valence-electron chi connectivity index (χ3n) is 2.84. The van der Waals surface area contributed by atoms with Crippen LogP contribution in [0.15, 0.2) is 18.2 Å². The van der Waals surface area contributed by atoms with Gasteiger partial charge in [0.05, 0.1) is 12.3 Å². The molecule has 0 N–H and O–H groups in total. The monoisotopic (exact) mass is 295 g/mol. The van der Waals surface area contributed by atoms with E-state index >= 15 is 0 Å². The Morgan fingerprint density at radius 1 is 1.29 bits per heavy atom. The van der Waals surface area contributed by atoms with Gasteiger partial charge in [-0.2, -0.15) is 0 Å². The van der Waals surface area contributed by atoms with Gasteiger partial charge in [-0.05, 0) is 37.6 Å². The van der Waals surface area contributed by atoms with E-state index in [4.69, 9.17) is 4.74 Å². The van der Waals surface area contributed by atoms with Gasteiger partial charge in [-0.25, -0.2) is 22.9 Å². The van der Waals surface area contributed by atoms with E-state index in [1.807, 2.05) is 0 Å². The predicted molar refractivity (Wildman–Crippen MR) is 72.0 cm³/mol. The molecule has 2 rings (SSSR count). The van der Waals surface area contributed by atoms with E-state index < -0.39 is 23.4 Å². The standard InChI is InChI=1S/C15H12F3NO2/c1-3-21-12(20)5-4-9-6-8(2)10-7-11(16)13(17)14(18)15(10)19-9/h4-7H,3H2,1-2H3/b5-4+. The summed E-state index contributed by atoms with van der Waals surface area (Å²) in [5.41, 5.74) is 0.483. The van der Waals surface area contributed by atoms with Crippen LogP contribution in [0.3, 0.4) is 0 Å². The van der Waals surface area contributed by atoms with Gasteiger partial charge in [-0.15, -0.1) is 0 Å². The zero-order chi connectivity index (χ0) is 15.6. The molecule has 0 radical (unpaired) electrons. The SMILES string of the molecule is CCOC(=O)/C=C/c1cc(C)c2cc(F)c(F)c(F)c2n1. The third kappa shape index (κ3) is 3.04. The van der Waals surface area contributed by atoms with E-state index in [1.54, 1.807) is 13.8 Å². The number of esters is 1. The summed E-state index contributed by atoms with van der Waals surface area (Å²) in [5, 5.41) is 0.180. The molecule has 21 heavy (non-hydrogen) atoms. The molecule has 0 amide bonds. The number of halogens is 3. The molecule has 1 aromatic carbocycles. The zero-order valence-electron chi connectivity index (χ0n) is 11.4. The lowest BCUT2D eigenvalue weighted by molar-refractivity contribution is -0.137. The molecular formula is C15H12F3NO2. The molecule has 3 nitrogen and oxygen atoms in total. The topological polar surface area (TPSA) is 39.2 Å². The van der Waals surface area contributed by atoms with Crippen LogP contribution in [-0.2, 0) is 9.53 Å². The molecule has 0 atom stereocenters. The van der Waals surface area contributed by atoms with Crippen molar-refractivity contribution >= 4 is 22.9 Å². The smallest absolute Gasteiger partial charge is 0.330 e. The van der Waals surface area contributed by atoms with Crippen molar-refractivity contribution in [3.8, 4) is 0 Å². The Bertz CT molecular complexity index is 742. The molecule has 0 aliphatic rings. The number of carbonyl (C=O) groups is 1. The Morgan fingerprint density at radius 2 is 2.00 bits per heavy atom. The van der Waals surface area contributed by atoms with Crippen LogP contribution in [0, 0.1) is 24.4 Å². The van der Waals surface area contributed by atoms with Crippen LogP contribution in [0.5, 0.6) is 0 Å². The summed E-state index contributed by atoms with van der Waals surface area (Å²) in [6.07, 6.45) is 2.46. The van der Waals surface area contributed by atoms with Crippen molar-refractivity contribution in [2.75, 3.05) is 6.61 Å². The highest BCUT2D eigenvalue weighted by Crippen LogP contribution is 2.25. The second kappa shape index (κ2) is 5.95. The van der Waals surface area contributed by atoms with E-state index in [0.717, 1.165) is 12.1 Å². The van der Waals surface area contributed by atoms with Crippen molar-refractivity contribution < 1.29 is 22.7 Å². The Balaban J connectivity index is 2.52. The molecule has 1 heterocycles. The molecular weight excluding hydrogens is 283 g/mol. The third-order valence-corrected chi connectivity index (χ3v) is 2.84. The number of ether oxygens (including phenoxy) is 1. The van der Waals surface area contributed by atoms with Gasteiger partial charge in [-0.3, -0.25) is 0 Å². The summed E-state index contributed by atoms with van der Waals surface area (Å²) in [4.78, 5) is 15.1. The van der Waals surface area contributed by atoms with Crippen LogP contribution >= 0.6 is 0 Å². The van der Waals surface area contributed by atoms with Crippen LogP contribution in [-0.4, -0.2) is 17.6 Å². The fraction of sp³-hybridized carbons (Fsp3) is 0.200. The lowest BCUT2D eigenvalue weighted by Crippen LogP contribution is -2.00. The molecule has 0 saturated carbocycles. The van der Waals surface area contributed by atoms with E-state index in [1.165, 1.54) is 12.1 Å². The highest BCUT2D eigenvalue weighted by molar-refractivity contribution is 5.88. The zero-order valence-corrected chi connectivity index (χ0v) is 11.4. The number of aromatic nitrogens is 1. The molecule has 1 aromatic heterocycles. The minimum atomic E-state index is -1.57. The molecule has 2 aromatic rings. The van der Waals surface area contributed by atoms with Crippen LogP contribution in [0.25, 0.3) is 17.0 Å². The summed E-state index contributed by atoms with van der Waals surface area (Å²) in [7, 11) is 0. The number of aryl methyl sites for hydroxylation is 1. The van der Waals surface area contributed by atoms with E-state index in [2.05, 4.69) is 4.98 Å². The summed E-state index contributed by atoms with van der Waals surface area (Å²) in [5.74, 6) is -4.75. The highest BCUT2D eigenvalue weighted by Gasteiger charge is 2.16.